The zero-order valence-electron chi connectivity index (χ0n) is 27.4. The van der Waals surface area contributed by atoms with E-state index in [9.17, 15) is 5.11 Å². The Morgan fingerprint density at radius 2 is 1.55 bits per heavy atom. The Morgan fingerprint density at radius 3 is 2.14 bits per heavy atom. The minimum atomic E-state index is -1.61. The fraction of sp³-hybridized carbons (Fsp3) is 0.447. The minimum absolute atomic E-state index is 0.0282. The molecule has 3 aromatic carbocycles. The van der Waals surface area contributed by atoms with E-state index in [0.717, 1.165) is 12.8 Å². The summed E-state index contributed by atoms with van der Waals surface area (Å²) < 4.78 is 2.53. The molecule has 2 nitrogen and oxygen atoms in total. The van der Waals surface area contributed by atoms with Crippen LogP contribution in [0.1, 0.15) is 58.6 Å². The summed E-state index contributed by atoms with van der Waals surface area (Å²) in [4.78, 5) is 0. The molecule has 42 heavy (non-hydrogen) atoms. The molecule has 3 heterocycles. The first-order valence-electron chi connectivity index (χ1n) is 16.1. The van der Waals surface area contributed by atoms with Gasteiger partial charge in [-0.1, -0.05) is 120 Å². The van der Waals surface area contributed by atoms with E-state index in [2.05, 4.69) is 133 Å². The van der Waals surface area contributed by atoms with E-state index in [1.54, 1.807) is 10.4 Å². The Hall–Kier alpha value is -2.54. The summed E-state index contributed by atoms with van der Waals surface area (Å²) >= 11 is 0. The Labute approximate surface area is 255 Å². The molecule has 0 fully saturated rings. The SMILES string of the molecule is C=CC1(CC)[n+]2ccc3c4c(ccc3c2-c2cc(C(C)(C)C)c3ccccc3c2C1(CC)CO)[Si](C)(C)CC[Si]4(C)C. The maximum absolute atomic E-state index is 11.5. The average molecular weight is 593 g/mol. The standard InChI is InChI=1S/C38H50NOSi2/c1-11-37(25-40)33-27-17-15-14-16-26(27)31(36(4,5)6)24-30(33)34-28-18-19-32-35(42(9,10)23-22-41(32,7)8)29(28)20-21-39(34)38(37,12-2)13-3/h12,14-21,24,40H,2,11,13,22-23,25H2,1,3-10H3/q+1. The monoisotopic (exact) mass is 592 g/mol. The van der Waals surface area contributed by atoms with Crippen molar-refractivity contribution in [3.63, 3.8) is 0 Å². The molecule has 0 aliphatic carbocycles. The lowest BCUT2D eigenvalue weighted by Crippen LogP contribution is -2.70. The Bertz CT molecular complexity index is 1760. The molecule has 4 heteroatoms. The Balaban J connectivity index is 1.90. The summed E-state index contributed by atoms with van der Waals surface area (Å²) in [5, 5.41) is 20.4. The summed E-state index contributed by atoms with van der Waals surface area (Å²) in [6, 6.07) is 21.6. The van der Waals surface area contributed by atoms with Crippen LogP contribution < -0.4 is 14.9 Å². The Kier molecular flexibility index (Phi) is 6.67. The Morgan fingerprint density at radius 1 is 0.881 bits per heavy atom. The van der Waals surface area contributed by atoms with Crippen molar-refractivity contribution in [2.45, 2.75) is 102 Å². The second-order valence-electron chi connectivity index (χ2n) is 15.5. The molecule has 0 saturated heterocycles. The number of allylic oxidation sites excluding steroid dienone is 1. The topological polar surface area (TPSA) is 24.1 Å². The number of benzene rings is 3. The van der Waals surface area contributed by atoms with Crippen molar-refractivity contribution in [3.8, 4) is 11.3 Å². The summed E-state index contributed by atoms with van der Waals surface area (Å²) in [6.07, 6.45) is 6.20. The van der Waals surface area contributed by atoms with Crippen LogP contribution in [0.3, 0.4) is 0 Å². The van der Waals surface area contributed by atoms with Crippen molar-refractivity contribution in [1.29, 1.82) is 0 Å². The van der Waals surface area contributed by atoms with Gasteiger partial charge in [-0.25, -0.2) is 0 Å². The molecule has 220 valence electrons. The summed E-state index contributed by atoms with van der Waals surface area (Å²) in [7, 11) is -3.11. The molecule has 4 aromatic rings. The van der Waals surface area contributed by atoms with Gasteiger partial charge in [-0.3, -0.25) is 0 Å². The number of nitrogens with zero attached hydrogens (tertiary/aromatic N) is 1. The lowest BCUT2D eigenvalue weighted by atomic mass is 9.57. The number of aliphatic hydroxyl groups excluding tert-OH is 1. The van der Waals surface area contributed by atoms with Crippen molar-refractivity contribution in [2.75, 3.05) is 6.61 Å². The van der Waals surface area contributed by atoms with E-state index in [-0.39, 0.29) is 12.0 Å². The molecule has 0 radical (unpaired) electrons. The first kappa shape index (κ1) is 29.5. The third kappa shape index (κ3) is 3.67. The third-order valence-electron chi connectivity index (χ3n) is 11.5. The fourth-order valence-electron chi connectivity index (χ4n) is 9.04. The van der Waals surface area contributed by atoms with E-state index in [1.807, 2.05) is 0 Å². The zero-order valence-corrected chi connectivity index (χ0v) is 29.4. The predicted molar refractivity (Wildman–Crippen MR) is 187 cm³/mol. The molecule has 0 saturated carbocycles. The average Bonchev–Trinajstić information content (AvgIpc) is 2.96. The molecule has 2 atom stereocenters. The van der Waals surface area contributed by atoms with E-state index in [4.69, 9.17) is 0 Å². The van der Waals surface area contributed by atoms with Crippen molar-refractivity contribution >= 4 is 48.1 Å². The molecule has 1 aromatic heterocycles. The van der Waals surface area contributed by atoms with Gasteiger partial charge in [-0.15, -0.1) is 0 Å². The molecule has 2 aliphatic rings. The quantitative estimate of drug-likeness (QED) is 0.145. The van der Waals surface area contributed by atoms with E-state index < -0.39 is 27.1 Å². The van der Waals surface area contributed by atoms with Crippen molar-refractivity contribution < 1.29 is 9.67 Å². The highest BCUT2D eigenvalue weighted by Gasteiger charge is 2.61. The number of fused-ring (bicyclic) bond motifs is 9. The summed E-state index contributed by atoms with van der Waals surface area (Å²) in [6.45, 7) is 26.4. The highest BCUT2D eigenvalue weighted by Crippen LogP contribution is 2.55. The van der Waals surface area contributed by atoms with Crippen molar-refractivity contribution in [1.82, 2.24) is 0 Å². The lowest BCUT2D eigenvalue weighted by Gasteiger charge is -2.48. The van der Waals surface area contributed by atoms with Crippen LogP contribution in [0.25, 0.3) is 32.8 Å². The van der Waals surface area contributed by atoms with Crippen molar-refractivity contribution in [3.05, 3.63) is 78.5 Å². The second kappa shape index (κ2) is 9.48. The van der Waals surface area contributed by atoms with Gasteiger partial charge in [0.25, 0.3) is 0 Å². The molecule has 0 spiro atoms. The van der Waals surface area contributed by atoms with E-state index in [1.165, 1.54) is 56.0 Å². The molecule has 0 amide bonds. The summed E-state index contributed by atoms with van der Waals surface area (Å²) in [5.41, 5.74) is 4.27. The zero-order chi connectivity index (χ0) is 30.5. The van der Waals surface area contributed by atoms with Crippen LogP contribution in [-0.4, -0.2) is 27.9 Å². The van der Waals surface area contributed by atoms with Gasteiger partial charge in [0.1, 0.15) is 0 Å². The highest BCUT2D eigenvalue weighted by atomic mass is 28.3. The molecular weight excluding hydrogens is 543 g/mol. The second-order valence-corrected chi connectivity index (χ2v) is 25.0. The van der Waals surface area contributed by atoms with Crippen LogP contribution in [-0.2, 0) is 16.4 Å². The largest absolute Gasteiger partial charge is 0.395 e. The van der Waals surface area contributed by atoms with Gasteiger partial charge >= 0.3 is 0 Å². The third-order valence-corrected chi connectivity index (χ3v) is 19.0. The number of hydrogen-bond acceptors (Lipinski definition) is 1. The fourth-order valence-corrected chi connectivity index (χ4v) is 19.7. The number of rotatable bonds is 4. The minimum Gasteiger partial charge on any atom is -0.395 e. The molecular formula is C38H50NOSi2+. The highest BCUT2D eigenvalue weighted by molar-refractivity contribution is 7.04. The molecule has 2 unspecified atom stereocenters. The van der Waals surface area contributed by atoms with Crippen LogP contribution >= 0.6 is 0 Å². The van der Waals surface area contributed by atoms with Crippen LogP contribution in [0.4, 0.5) is 0 Å². The van der Waals surface area contributed by atoms with Gasteiger partial charge in [-0.2, -0.15) is 4.57 Å². The number of aromatic nitrogens is 1. The van der Waals surface area contributed by atoms with Crippen LogP contribution in [0.5, 0.6) is 0 Å². The number of aliphatic hydroxyl groups is 1. The molecule has 2 aliphatic heterocycles. The van der Waals surface area contributed by atoms with Crippen LogP contribution in [0.15, 0.2) is 67.4 Å². The van der Waals surface area contributed by atoms with Gasteiger partial charge in [0.2, 0.25) is 5.69 Å². The smallest absolute Gasteiger partial charge is 0.221 e. The van der Waals surface area contributed by atoms with Crippen LogP contribution in [0, 0.1) is 0 Å². The van der Waals surface area contributed by atoms with E-state index >= 15 is 0 Å². The van der Waals surface area contributed by atoms with Gasteiger partial charge in [0.05, 0.1) is 39.1 Å². The number of hydrogen-bond donors (Lipinski definition) is 1. The van der Waals surface area contributed by atoms with Gasteiger partial charge in [0.15, 0.2) is 11.7 Å². The predicted octanol–water partition coefficient (Wildman–Crippen LogP) is 8.03. The van der Waals surface area contributed by atoms with Crippen LogP contribution in [0.2, 0.25) is 38.3 Å². The maximum Gasteiger partial charge on any atom is 0.221 e. The first-order chi connectivity index (χ1) is 19.7. The van der Waals surface area contributed by atoms with E-state index in [0.29, 0.717) is 0 Å². The number of pyridine rings is 1. The summed E-state index contributed by atoms with van der Waals surface area (Å²) in [5.74, 6) is 0. The normalized spacial score (nSPS) is 24.2. The van der Waals surface area contributed by atoms with Gasteiger partial charge in [-0.05, 0) is 57.3 Å². The van der Waals surface area contributed by atoms with Crippen molar-refractivity contribution in [2.24, 2.45) is 0 Å². The maximum atomic E-state index is 11.5. The lowest BCUT2D eigenvalue weighted by molar-refractivity contribution is -0.756. The molecule has 0 bridgehead atoms. The molecule has 1 N–H and O–H groups in total. The first-order valence-corrected chi connectivity index (χ1v) is 22.5. The molecule has 6 rings (SSSR count). The van der Waals surface area contributed by atoms with Gasteiger partial charge < -0.3 is 5.11 Å². The van der Waals surface area contributed by atoms with Gasteiger partial charge in [0, 0.05) is 12.5 Å².